The highest BCUT2D eigenvalue weighted by molar-refractivity contribution is 5.83. The Hall–Kier alpha value is -1.34. The molecule has 7 heteroatoms. The van der Waals surface area contributed by atoms with Crippen molar-refractivity contribution in [2.45, 2.75) is 31.9 Å². The van der Waals surface area contributed by atoms with Crippen molar-refractivity contribution in [3.63, 3.8) is 0 Å². The third kappa shape index (κ3) is 4.35. The highest BCUT2D eigenvalue weighted by Gasteiger charge is 2.40. The van der Waals surface area contributed by atoms with Gasteiger partial charge in [-0.1, -0.05) is 0 Å². The van der Waals surface area contributed by atoms with Gasteiger partial charge in [0.15, 0.2) is 0 Å². The topological polar surface area (TPSA) is 84.3 Å². The van der Waals surface area contributed by atoms with E-state index >= 15 is 0 Å². The molecule has 0 bridgehead atoms. The predicted molar refractivity (Wildman–Crippen MR) is 74.6 cm³/mol. The van der Waals surface area contributed by atoms with E-state index in [9.17, 15) is 14.7 Å². The van der Waals surface area contributed by atoms with Crippen LogP contribution in [0.15, 0.2) is 0 Å². The number of urea groups is 1. The quantitative estimate of drug-likeness (QED) is 0.712. The smallest absolute Gasteiger partial charge is 0.326 e. The summed E-state index contributed by atoms with van der Waals surface area (Å²) in [5, 5.41) is 18.7. The molecule has 0 unspecified atom stereocenters. The van der Waals surface area contributed by atoms with E-state index in [-0.39, 0.29) is 19.0 Å². The molecule has 1 aliphatic rings. The molecule has 0 radical (unpaired) electrons. The molecule has 0 saturated carbocycles. The van der Waals surface area contributed by atoms with Crippen molar-refractivity contribution in [3.8, 4) is 0 Å². The molecule has 1 saturated heterocycles. The maximum absolute atomic E-state index is 12.4. The Bertz CT molecular complexity index is 349. The van der Waals surface area contributed by atoms with E-state index < -0.39 is 18.1 Å². The fraction of sp³-hybridized carbons (Fsp3) is 0.846. The largest absolute Gasteiger partial charge is 0.480 e. The van der Waals surface area contributed by atoms with Gasteiger partial charge in [0.05, 0.1) is 6.10 Å². The van der Waals surface area contributed by atoms with Gasteiger partial charge in [-0.3, -0.25) is 0 Å². The molecule has 0 aromatic heterocycles. The number of nitrogens with zero attached hydrogens (tertiary/aromatic N) is 3. The number of aliphatic hydroxyl groups is 1. The summed E-state index contributed by atoms with van der Waals surface area (Å²) >= 11 is 0. The normalized spacial score (nSPS) is 22.4. The van der Waals surface area contributed by atoms with E-state index in [1.165, 1.54) is 4.90 Å². The lowest BCUT2D eigenvalue weighted by Gasteiger charge is -2.29. The second-order valence-corrected chi connectivity index (χ2v) is 5.41. The number of aliphatic hydroxyl groups excluding tert-OH is 1. The van der Waals surface area contributed by atoms with Crippen LogP contribution in [0, 0.1) is 0 Å². The number of amides is 2. The summed E-state index contributed by atoms with van der Waals surface area (Å²) in [7, 11) is 3.94. The minimum absolute atomic E-state index is 0.0972. The molecule has 2 N–H and O–H groups in total. The molecule has 2 amide bonds. The molecular formula is C13H25N3O4. The molecule has 0 aromatic carbocycles. The van der Waals surface area contributed by atoms with Crippen molar-refractivity contribution in [1.82, 2.24) is 14.7 Å². The Labute approximate surface area is 119 Å². The summed E-state index contributed by atoms with van der Waals surface area (Å²) in [6, 6.07) is -1.21. The van der Waals surface area contributed by atoms with Gasteiger partial charge in [0.2, 0.25) is 0 Å². The lowest BCUT2D eigenvalue weighted by atomic mass is 10.2. The third-order valence-corrected chi connectivity index (χ3v) is 3.50. The standard InChI is InChI=1S/C13H25N3O4/c1-4-15(7-5-6-14(2)3)13(20)16-9-10(17)8-11(16)12(18)19/h10-11,17H,4-9H2,1-3H3,(H,18,19)/t10-,11-/m0/s1. The fourth-order valence-corrected chi connectivity index (χ4v) is 2.41. The molecule has 0 aliphatic carbocycles. The number of hydrogen-bond acceptors (Lipinski definition) is 4. The highest BCUT2D eigenvalue weighted by atomic mass is 16.4. The van der Waals surface area contributed by atoms with Crippen molar-refractivity contribution in [3.05, 3.63) is 0 Å². The van der Waals surface area contributed by atoms with Crippen molar-refractivity contribution in [2.24, 2.45) is 0 Å². The van der Waals surface area contributed by atoms with Gasteiger partial charge in [-0.25, -0.2) is 9.59 Å². The van der Waals surface area contributed by atoms with Crippen LogP contribution in [0.1, 0.15) is 19.8 Å². The summed E-state index contributed by atoms with van der Waals surface area (Å²) in [6.45, 7) is 3.96. The maximum atomic E-state index is 12.4. The first kappa shape index (κ1) is 16.7. The molecule has 1 heterocycles. The van der Waals surface area contributed by atoms with E-state index in [0.717, 1.165) is 13.0 Å². The second-order valence-electron chi connectivity index (χ2n) is 5.41. The second kappa shape index (κ2) is 7.44. The summed E-state index contributed by atoms with van der Waals surface area (Å²) in [6.07, 6.45) is 0.192. The first-order chi connectivity index (χ1) is 9.36. The molecule has 7 nitrogen and oxygen atoms in total. The number of aliphatic carboxylic acids is 1. The van der Waals surface area contributed by atoms with Crippen LogP contribution >= 0.6 is 0 Å². The molecule has 1 rings (SSSR count). The third-order valence-electron chi connectivity index (χ3n) is 3.50. The van der Waals surface area contributed by atoms with E-state index in [4.69, 9.17) is 5.11 Å². The molecule has 0 spiro atoms. The monoisotopic (exact) mass is 287 g/mol. The van der Waals surface area contributed by atoms with Crippen LogP contribution in [-0.4, -0.2) is 89.3 Å². The van der Waals surface area contributed by atoms with E-state index in [1.807, 2.05) is 25.9 Å². The molecule has 1 fully saturated rings. The summed E-state index contributed by atoms with van der Waals surface area (Å²) < 4.78 is 0. The number of hydrogen-bond donors (Lipinski definition) is 2. The molecule has 2 atom stereocenters. The zero-order chi connectivity index (χ0) is 15.3. The lowest BCUT2D eigenvalue weighted by molar-refractivity contribution is -0.141. The Kier molecular flexibility index (Phi) is 6.22. The number of rotatable bonds is 6. The average Bonchev–Trinajstić information content (AvgIpc) is 2.76. The molecule has 0 aromatic rings. The zero-order valence-electron chi connectivity index (χ0n) is 12.4. The van der Waals surface area contributed by atoms with E-state index in [0.29, 0.717) is 13.1 Å². The average molecular weight is 287 g/mol. The predicted octanol–water partition coefficient (Wildman–Crippen LogP) is -0.100. The molecule has 1 aliphatic heterocycles. The van der Waals surface area contributed by atoms with Gasteiger partial charge in [0.25, 0.3) is 0 Å². The Morgan fingerprint density at radius 2 is 1.95 bits per heavy atom. The Balaban J connectivity index is 2.62. The number of β-amino-alcohol motifs (C(OH)–C–C–N with tert-alkyl or cyclic N) is 1. The van der Waals surface area contributed by atoms with Crippen LogP contribution < -0.4 is 0 Å². The van der Waals surface area contributed by atoms with Gasteiger partial charge in [-0.15, -0.1) is 0 Å². The first-order valence-corrected chi connectivity index (χ1v) is 6.98. The van der Waals surface area contributed by atoms with Crippen molar-refractivity contribution in [1.29, 1.82) is 0 Å². The van der Waals surface area contributed by atoms with Crippen molar-refractivity contribution < 1.29 is 19.8 Å². The van der Waals surface area contributed by atoms with Gasteiger partial charge < -0.3 is 24.9 Å². The highest BCUT2D eigenvalue weighted by Crippen LogP contribution is 2.20. The van der Waals surface area contributed by atoms with Gasteiger partial charge in [0.1, 0.15) is 6.04 Å². The van der Waals surface area contributed by atoms with Crippen LogP contribution in [-0.2, 0) is 4.79 Å². The zero-order valence-corrected chi connectivity index (χ0v) is 12.4. The number of likely N-dealkylation sites (tertiary alicyclic amines) is 1. The minimum Gasteiger partial charge on any atom is -0.480 e. The number of carboxylic acid groups (broad SMARTS) is 1. The molecule has 116 valence electrons. The number of carbonyl (C=O) groups excluding carboxylic acids is 1. The molecule has 20 heavy (non-hydrogen) atoms. The van der Waals surface area contributed by atoms with Gasteiger partial charge >= 0.3 is 12.0 Å². The SMILES string of the molecule is CCN(CCCN(C)C)C(=O)N1C[C@@H](O)C[C@H]1C(=O)O. The van der Waals surface area contributed by atoms with Crippen LogP contribution in [0.25, 0.3) is 0 Å². The summed E-state index contributed by atoms with van der Waals surface area (Å²) in [5.41, 5.74) is 0. The fourth-order valence-electron chi connectivity index (χ4n) is 2.41. The first-order valence-electron chi connectivity index (χ1n) is 6.98. The molecular weight excluding hydrogens is 262 g/mol. The van der Waals surface area contributed by atoms with E-state index in [2.05, 4.69) is 0 Å². The van der Waals surface area contributed by atoms with Gasteiger partial charge in [0, 0.05) is 26.1 Å². The summed E-state index contributed by atoms with van der Waals surface area (Å²) in [4.78, 5) is 28.5. The Morgan fingerprint density at radius 3 is 2.45 bits per heavy atom. The number of carboxylic acids is 1. The van der Waals surface area contributed by atoms with Crippen LogP contribution in [0.3, 0.4) is 0 Å². The van der Waals surface area contributed by atoms with Crippen LogP contribution in [0.2, 0.25) is 0 Å². The van der Waals surface area contributed by atoms with Gasteiger partial charge in [-0.05, 0) is 34.0 Å². The van der Waals surface area contributed by atoms with E-state index in [1.54, 1.807) is 4.90 Å². The lowest BCUT2D eigenvalue weighted by Crippen LogP contribution is -2.48. The van der Waals surface area contributed by atoms with Crippen molar-refractivity contribution in [2.75, 3.05) is 40.3 Å². The van der Waals surface area contributed by atoms with Crippen LogP contribution in [0.4, 0.5) is 4.79 Å². The van der Waals surface area contributed by atoms with Crippen molar-refractivity contribution >= 4 is 12.0 Å². The Morgan fingerprint density at radius 1 is 1.30 bits per heavy atom. The van der Waals surface area contributed by atoms with Crippen LogP contribution in [0.5, 0.6) is 0 Å². The summed E-state index contributed by atoms with van der Waals surface area (Å²) in [5.74, 6) is -1.06. The van der Waals surface area contributed by atoms with Gasteiger partial charge in [-0.2, -0.15) is 0 Å². The minimum atomic E-state index is -1.06. The number of carbonyl (C=O) groups is 2. The maximum Gasteiger partial charge on any atom is 0.326 e.